The molecule has 0 radical (unpaired) electrons. The molecule has 0 aliphatic carbocycles. The van der Waals surface area contributed by atoms with Crippen molar-refractivity contribution in [2.45, 2.75) is 12.8 Å². The molecule has 0 fully saturated rings. The van der Waals surface area contributed by atoms with Crippen molar-refractivity contribution in [1.82, 2.24) is 15.0 Å². The molecule has 3 N–H and O–H groups in total. The van der Waals surface area contributed by atoms with Crippen LogP contribution in [0.25, 0.3) is 31.8 Å². The van der Waals surface area contributed by atoms with Crippen LogP contribution in [0.2, 0.25) is 0 Å². The Morgan fingerprint density at radius 2 is 1.75 bits per heavy atom. The zero-order valence-corrected chi connectivity index (χ0v) is 18.3. The molecule has 0 saturated heterocycles. The lowest BCUT2D eigenvalue weighted by molar-refractivity contribution is 0.855. The smallest absolute Gasteiger partial charge is 0.223 e. The molecule has 3 aromatic heterocycles. The molecule has 5 nitrogen and oxygen atoms in total. The Morgan fingerprint density at radius 3 is 2.59 bits per heavy atom. The molecular formula is C26H23N5S. The molecule has 5 aromatic rings. The number of thiophene rings is 1. The second-order valence-corrected chi connectivity index (χ2v) is 8.65. The van der Waals surface area contributed by atoms with Gasteiger partial charge in [0.15, 0.2) is 0 Å². The van der Waals surface area contributed by atoms with Crippen LogP contribution in [0.1, 0.15) is 12.0 Å². The largest absolute Gasteiger partial charge is 0.399 e. The number of pyridine rings is 1. The summed E-state index contributed by atoms with van der Waals surface area (Å²) < 4.78 is 1.26. The van der Waals surface area contributed by atoms with Gasteiger partial charge in [0.25, 0.3) is 0 Å². The number of rotatable bonds is 7. The standard InChI is InChI=1S/C26H23N5S/c27-22-9-3-1-6-18(22)8-5-13-29-26-30-17-21(25(31-26)19-11-14-28-15-12-19)24-16-20-7-2-4-10-23(20)32-24/h1-4,6-7,9-12,14-17H,5,8,13,27H2,(H,29,30,31). The van der Waals surface area contributed by atoms with Crippen LogP contribution in [0.15, 0.2) is 85.3 Å². The van der Waals surface area contributed by atoms with Gasteiger partial charge in [-0.2, -0.15) is 0 Å². The highest BCUT2D eigenvalue weighted by Crippen LogP contribution is 2.38. The van der Waals surface area contributed by atoms with Gasteiger partial charge in [-0.15, -0.1) is 11.3 Å². The Morgan fingerprint density at radius 1 is 0.938 bits per heavy atom. The third-order valence-electron chi connectivity index (χ3n) is 5.39. The summed E-state index contributed by atoms with van der Waals surface area (Å²) in [5.41, 5.74) is 11.0. The van der Waals surface area contributed by atoms with Crippen molar-refractivity contribution in [1.29, 1.82) is 0 Å². The van der Waals surface area contributed by atoms with Gasteiger partial charge in [0.2, 0.25) is 5.95 Å². The van der Waals surface area contributed by atoms with Gasteiger partial charge >= 0.3 is 0 Å². The highest BCUT2D eigenvalue weighted by molar-refractivity contribution is 7.22. The van der Waals surface area contributed by atoms with E-state index < -0.39 is 0 Å². The minimum Gasteiger partial charge on any atom is -0.399 e. The number of hydrogen-bond acceptors (Lipinski definition) is 6. The number of aromatic nitrogens is 3. The molecule has 0 atom stereocenters. The molecule has 6 heteroatoms. The fourth-order valence-electron chi connectivity index (χ4n) is 3.73. The second-order valence-electron chi connectivity index (χ2n) is 7.57. The van der Waals surface area contributed by atoms with Gasteiger partial charge < -0.3 is 11.1 Å². The molecule has 3 heterocycles. The lowest BCUT2D eigenvalue weighted by Gasteiger charge is -2.11. The number of nitrogens with one attached hydrogen (secondary N) is 1. The van der Waals surface area contributed by atoms with E-state index in [0.29, 0.717) is 5.95 Å². The maximum Gasteiger partial charge on any atom is 0.223 e. The number of anilines is 2. The van der Waals surface area contributed by atoms with Crippen LogP contribution in [0, 0.1) is 0 Å². The van der Waals surface area contributed by atoms with Gasteiger partial charge in [-0.3, -0.25) is 4.98 Å². The van der Waals surface area contributed by atoms with Crippen LogP contribution in [0.3, 0.4) is 0 Å². The predicted octanol–water partition coefficient (Wildman–Crippen LogP) is 6.05. The molecule has 2 aromatic carbocycles. The Bertz CT molecular complexity index is 1310. The molecule has 0 aliphatic heterocycles. The topological polar surface area (TPSA) is 76.7 Å². The van der Waals surface area contributed by atoms with Gasteiger partial charge in [-0.25, -0.2) is 9.97 Å². The number of fused-ring (bicyclic) bond motifs is 1. The van der Waals surface area contributed by atoms with Crippen molar-refractivity contribution in [2.24, 2.45) is 0 Å². The third kappa shape index (κ3) is 4.31. The predicted molar refractivity (Wildman–Crippen MR) is 134 cm³/mol. The summed E-state index contributed by atoms with van der Waals surface area (Å²) in [6, 6.07) is 22.6. The van der Waals surface area contributed by atoms with Crippen LogP contribution < -0.4 is 11.1 Å². The molecule has 32 heavy (non-hydrogen) atoms. The lowest BCUT2D eigenvalue weighted by Crippen LogP contribution is -2.08. The van der Waals surface area contributed by atoms with E-state index in [1.807, 2.05) is 36.5 Å². The van der Waals surface area contributed by atoms with E-state index in [0.717, 1.165) is 46.8 Å². The lowest BCUT2D eigenvalue weighted by atomic mass is 10.1. The van der Waals surface area contributed by atoms with Gasteiger partial charge in [0, 0.05) is 51.5 Å². The first kappa shape index (κ1) is 20.2. The zero-order chi connectivity index (χ0) is 21.8. The summed E-state index contributed by atoms with van der Waals surface area (Å²) >= 11 is 1.76. The summed E-state index contributed by atoms with van der Waals surface area (Å²) in [6.07, 6.45) is 7.37. The minimum atomic E-state index is 0.628. The molecule has 158 valence electrons. The molecule has 0 spiro atoms. The first-order valence-corrected chi connectivity index (χ1v) is 11.4. The number of aryl methyl sites for hydroxylation is 1. The van der Waals surface area contributed by atoms with Crippen LogP contribution in [-0.2, 0) is 6.42 Å². The first-order chi connectivity index (χ1) is 15.8. The van der Waals surface area contributed by atoms with Crippen LogP contribution in [0.4, 0.5) is 11.6 Å². The molecule has 0 bridgehead atoms. The van der Waals surface area contributed by atoms with E-state index in [2.05, 4.69) is 51.7 Å². The third-order valence-corrected chi connectivity index (χ3v) is 6.54. The maximum absolute atomic E-state index is 6.05. The summed E-state index contributed by atoms with van der Waals surface area (Å²) in [4.78, 5) is 14.8. The van der Waals surface area contributed by atoms with Gasteiger partial charge in [0.05, 0.1) is 5.69 Å². The Labute approximate surface area is 191 Å². The summed E-state index contributed by atoms with van der Waals surface area (Å²) in [6.45, 7) is 0.770. The SMILES string of the molecule is Nc1ccccc1CCCNc1ncc(-c2cc3ccccc3s2)c(-c2ccncc2)n1. The normalized spacial score (nSPS) is 11.0. The van der Waals surface area contributed by atoms with E-state index in [1.165, 1.54) is 15.6 Å². The monoisotopic (exact) mass is 437 g/mol. The van der Waals surface area contributed by atoms with E-state index in [9.17, 15) is 0 Å². The van der Waals surface area contributed by atoms with Crippen LogP contribution in [-0.4, -0.2) is 21.5 Å². The summed E-state index contributed by atoms with van der Waals surface area (Å²) in [5, 5.41) is 4.61. The van der Waals surface area contributed by atoms with E-state index in [4.69, 9.17) is 10.7 Å². The fourth-order valence-corrected chi connectivity index (χ4v) is 4.81. The second kappa shape index (κ2) is 9.16. The molecule has 0 amide bonds. The van der Waals surface area contributed by atoms with Gasteiger partial charge in [0.1, 0.15) is 0 Å². The minimum absolute atomic E-state index is 0.628. The van der Waals surface area contributed by atoms with E-state index >= 15 is 0 Å². The molecule has 0 saturated carbocycles. The van der Waals surface area contributed by atoms with Crippen LogP contribution in [0.5, 0.6) is 0 Å². The van der Waals surface area contributed by atoms with Crippen LogP contribution >= 0.6 is 11.3 Å². The van der Waals surface area contributed by atoms with E-state index in [1.54, 1.807) is 23.7 Å². The van der Waals surface area contributed by atoms with Crippen molar-refractivity contribution < 1.29 is 0 Å². The number of nitrogens with zero attached hydrogens (tertiary/aromatic N) is 3. The zero-order valence-electron chi connectivity index (χ0n) is 17.5. The average Bonchev–Trinajstić information content (AvgIpc) is 3.27. The Kier molecular flexibility index (Phi) is 5.77. The number of nitrogens with two attached hydrogens (primary N) is 1. The van der Waals surface area contributed by atoms with Crippen molar-refractivity contribution in [3.8, 4) is 21.7 Å². The van der Waals surface area contributed by atoms with Crippen molar-refractivity contribution in [3.05, 3.63) is 90.9 Å². The molecule has 0 unspecified atom stereocenters. The molecule has 5 rings (SSSR count). The average molecular weight is 438 g/mol. The first-order valence-electron chi connectivity index (χ1n) is 10.6. The van der Waals surface area contributed by atoms with Gasteiger partial charge in [-0.1, -0.05) is 36.4 Å². The Hall–Kier alpha value is -3.77. The number of benzene rings is 2. The quantitative estimate of drug-likeness (QED) is 0.239. The van der Waals surface area contributed by atoms with Gasteiger partial charge in [-0.05, 0) is 54.1 Å². The number of para-hydroxylation sites is 1. The fraction of sp³-hybridized carbons (Fsp3) is 0.115. The highest BCUT2D eigenvalue weighted by atomic mass is 32.1. The summed E-state index contributed by atoms with van der Waals surface area (Å²) in [5.74, 6) is 0.628. The van der Waals surface area contributed by atoms with Crippen molar-refractivity contribution in [3.63, 3.8) is 0 Å². The molecule has 0 aliphatic rings. The van der Waals surface area contributed by atoms with Crippen molar-refractivity contribution in [2.75, 3.05) is 17.6 Å². The Balaban J connectivity index is 1.40. The van der Waals surface area contributed by atoms with E-state index in [-0.39, 0.29) is 0 Å². The summed E-state index contributed by atoms with van der Waals surface area (Å²) in [7, 11) is 0. The highest BCUT2D eigenvalue weighted by Gasteiger charge is 2.14. The number of nitrogen functional groups attached to an aromatic ring is 1. The van der Waals surface area contributed by atoms with Crippen molar-refractivity contribution >= 4 is 33.1 Å². The maximum atomic E-state index is 6.05. The molecular weight excluding hydrogens is 414 g/mol. The number of hydrogen-bond donors (Lipinski definition) is 2.